The quantitative estimate of drug-likeness (QED) is 0.751. The molecular formula is C20H27NO6. The van der Waals surface area contributed by atoms with Crippen LogP contribution in [-0.4, -0.2) is 50.2 Å². The van der Waals surface area contributed by atoms with Gasteiger partial charge in [-0.3, -0.25) is 9.59 Å². The molecular weight excluding hydrogens is 350 g/mol. The molecule has 148 valence electrons. The Morgan fingerprint density at radius 1 is 1.30 bits per heavy atom. The van der Waals surface area contributed by atoms with E-state index < -0.39 is 11.0 Å². The van der Waals surface area contributed by atoms with Crippen molar-refractivity contribution < 1.29 is 23.5 Å². The van der Waals surface area contributed by atoms with E-state index in [0.29, 0.717) is 43.9 Å². The second kappa shape index (κ2) is 7.84. The van der Waals surface area contributed by atoms with E-state index in [0.717, 1.165) is 12.8 Å². The van der Waals surface area contributed by atoms with E-state index in [1.54, 1.807) is 24.8 Å². The highest BCUT2D eigenvalue weighted by Gasteiger charge is 2.41. The SMILES string of the molecule is COC(=O)C1(C)CCCN(C(=O)c2c(C)cc(C3CCOCC3)oc2=O)C1. The Labute approximate surface area is 158 Å². The Hall–Kier alpha value is -2.15. The molecule has 7 nitrogen and oxygen atoms in total. The molecule has 2 aliphatic rings. The Morgan fingerprint density at radius 3 is 2.63 bits per heavy atom. The highest BCUT2D eigenvalue weighted by molar-refractivity contribution is 5.95. The van der Waals surface area contributed by atoms with Crippen LogP contribution in [0.3, 0.4) is 0 Å². The van der Waals surface area contributed by atoms with Gasteiger partial charge in [0.15, 0.2) is 0 Å². The van der Waals surface area contributed by atoms with Crippen LogP contribution >= 0.6 is 0 Å². The van der Waals surface area contributed by atoms with Gasteiger partial charge in [0.25, 0.3) is 5.91 Å². The number of aryl methyl sites for hydroxylation is 1. The summed E-state index contributed by atoms with van der Waals surface area (Å²) in [6, 6.07) is 1.80. The van der Waals surface area contributed by atoms with Gasteiger partial charge >= 0.3 is 11.6 Å². The highest BCUT2D eigenvalue weighted by atomic mass is 16.5. The van der Waals surface area contributed by atoms with Crippen LogP contribution in [0.25, 0.3) is 0 Å². The number of methoxy groups -OCH3 is 1. The fourth-order valence-electron chi connectivity index (χ4n) is 4.06. The lowest BCUT2D eigenvalue weighted by Gasteiger charge is -2.38. The summed E-state index contributed by atoms with van der Waals surface area (Å²) in [5.41, 5.74) is -0.687. The average molecular weight is 377 g/mol. The van der Waals surface area contributed by atoms with Crippen molar-refractivity contribution >= 4 is 11.9 Å². The number of carbonyl (C=O) groups is 2. The number of likely N-dealkylation sites (tertiary alicyclic amines) is 1. The molecule has 1 aromatic rings. The van der Waals surface area contributed by atoms with Crippen LogP contribution in [-0.2, 0) is 14.3 Å². The summed E-state index contributed by atoms with van der Waals surface area (Å²) in [6.07, 6.45) is 2.94. The van der Waals surface area contributed by atoms with Crippen molar-refractivity contribution in [1.29, 1.82) is 0 Å². The van der Waals surface area contributed by atoms with Gasteiger partial charge in [-0.2, -0.15) is 0 Å². The van der Waals surface area contributed by atoms with Crippen molar-refractivity contribution in [1.82, 2.24) is 4.90 Å². The summed E-state index contributed by atoms with van der Waals surface area (Å²) < 4.78 is 15.8. The molecule has 1 unspecified atom stereocenters. The van der Waals surface area contributed by atoms with E-state index in [2.05, 4.69) is 0 Å². The van der Waals surface area contributed by atoms with Crippen LogP contribution in [0.15, 0.2) is 15.3 Å². The van der Waals surface area contributed by atoms with Crippen LogP contribution < -0.4 is 5.63 Å². The monoisotopic (exact) mass is 377 g/mol. The van der Waals surface area contributed by atoms with Gasteiger partial charge < -0.3 is 18.8 Å². The van der Waals surface area contributed by atoms with Crippen molar-refractivity contribution in [3.05, 3.63) is 33.4 Å². The smallest absolute Gasteiger partial charge is 0.349 e. The summed E-state index contributed by atoms with van der Waals surface area (Å²) in [5.74, 6) is 0.0514. The zero-order valence-corrected chi connectivity index (χ0v) is 16.2. The van der Waals surface area contributed by atoms with Crippen molar-refractivity contribution in [2.45, 2.75) is 45.4 Å². The first kappa shape index (κ1) is 19.6. The molecule has 0 N–H and O–H groups in total. The molecule has 27 heavy (non-hydrogen) atoms. The van der Waals surface area contributed by atoms with E-state index in [9.17, 15) is 14.4 Å². The zero-order chi connectivity index (χ0) is 19.6. The summed E-state index contributed by atoms with van der Waals surface area (Å²) in [5, 5.41) is 0. The first-order chi connectivity index (χ1) is 12.9. The summed E-state index contributed by atoms with van der Waals surface area (Å²) >= 11 is 0. The Bertz CT molecular complexity index is 779. The van der Waals surface area contributed by atoms with E-state index in [1.807, 2.05) is 0 Å². The highest BCUT2D eigenvalue weighted by Crippen LogP contribution is 2.32. The van der Waals surface area contributed by atoms with Crippen LogP contribution in [0.1, 0.15) is 60.2 Å². The molecule has 0 radical (unpaired) electrons. The molecule has 0 aromatic carbocycles. The molecule has 0 saturated carbocycles. The molecule has 7 heteroatoms. The standard InChI is InChI=1S/C20H27NO6/c1-13-11-15(14-5-9-26-10-6-14)27-18(23)16(13)17(22)21-8-4-7-20(2,12-21)19(24)25-3/h11,14H,4-10,12H2,1-3H3. The van der Waals surface area contributed by atoms with Gasteiger partial charge in [-0.1, -0.05) is 0 Å². The Kier molecular flexibility index (Phi) is 5.69. The van der Waals surface area contributed by atoms with Gasteiger partial charge in [0.2, 0.25) is 0 Å². The van der Waals surface area contributed by atoms with Crippen molar-refractivity contribution in [3.8, 4) is 0 Å². The number of hydrogen-bond acceptors (Lipinski definition) is 6. The van der Waals surface area contributed by atoms with Crippen molar-refractivity contribution in [2.75, 3.05) is 33.4 Å². The van der Waals surface area contributed by atoms with Crippen molar-refractivity contribution in [2.24, 2.45) is 5.41 Å². The predicted molar refractivity (Wildman–Crippen MR) is 97.8 cm³/mol. The number of amides is 1. The van der Waals surface area contributed by atoms with Gasteiger partial charge in [0.1, 0.15) is 11.3 Å². The van der Waals surface area contributed by atoms with E-state index in [1.165, 1.54) is 7.11 Å². The van der Waals surface area contributed by atoms with Gasteiger partial charge in [-0.15, -0.1) is 0 Å². The van der Waals surface area contributed by atoms with E-state index in [-0.39, 0.29) is 29.9 Å². The second-order valence-electron chi connectivity index (χ2n) is 7.76. The lowest BCUT2D eigenvalue weighted by atomic mass is 9.81. The van der Waals surface area contributed by atoms with Gasteiger partial charge in [0, 0.05) is 32.2 Å². The number of rotatable bonds is 3. The third kappa shape index (κ3) is 3.93. The fraction of sp³-hybridized carbons (Fsp3) is 0.650. The summed E-state index contributed by atoms with van der Waals surface area (Å²) in [7, 11) is 1.35. The van der Waals surface area contributed by atoms with Crippen molar-refractivity contribution in [3.63, 3.8) is 0 Å². The maximum atomic E-state index is 13.0. The topological polar surface area (TPSA) is 86.1 Å². The molecule has 1 atom stereocenters. The first-order valence-electron chi connectivity index (χ1n) is 9.46. The summed E-state index contributed by atoms with van der Waals surface area (Å²) in [6.45, 7) is 5.59. The number of esters is 1. The predicted octanol–water partition coefficient (Wildman–Crippen LogP) is 2.26. The molecule has 3 rings (SSSR count). The summed E-state index contributed by atoms with van der Waals surface area (Å²) in [4.78, 5) is 39.3. The molecule has 1 amide bonds. The third-order valence-corrected chi connectivity index (χ3v) is 5.67. The van der Waals surface area contributed by atoms with E-state index >= 15 is 0 Å². The minimum absolute atomic E-state index is 0.0555. The number of nitrogens with zero attached hydrogens (tertiary/aromatic N) is 1. The van der Waals surface area contributed by atoms with Crippen LogP contribution in [0.2, 0.25) is 0 Å². The lowest BCUT2D eigenvalue weighted by Crippen LogP contribution is -2.49. The van der Waals surface area contributed by atoms with Gasteiger partial charge in [0.05, 0.1) is 12.5 Å². The number of ether oxygens (including phenoxy) is 2. The molecule has 2 fully saturated rings. The van der Waals surface area contributed by atoms with E-state index in [4.69, 9.17) is 13.9 Å². The van der Waals surface area contributed by atoms with Crippen LogP contribution in [0, 0.1) is 12.3 Å². The second-order valence-corrected chi connectivity index (χ2v) is 7.76. The molecule has 1 aromatic heterocycles. The fourth-order valence-corrected chi connectivity index (χ4v) is 4.06. The maximum absolute atomic E-state index is 13.0. The molecule has 0 spiro atoms. The number of hydrogen-bond donors (Lipinski definition) is 0. The van der Waals surface area contributed by atoms with Crippen LogP contribution in [0.5, 0.6) is 0 Å². The number of piperidine rings is 1. The third-order valence-electron chi connectivity index (χ3n) is 5.67. The Balaban J connectivity index is 1.84. The molecule has 2 saturated heterocycles. The Morgan fingerprint density at radius 2 is 2.00 bits per heavy atom. The molecule has 0 bridgehead atoms. The normalized spacial score (nSPS) is 23.9. The average Bonchev–Trinajstić information content (AvgIpc) is 2.67. The lowest BCUT2D eigenvalue weighted by molar-refractivity contribution is -0.154. The first-order valence-corrected chi connectivity index (χ1v) is 9.46. The minimum Gasteiger partial charge on any atom is -0.469 e. The maximum Gasteiger partial charge on any atom is 0.349 e. The molecule has 0 aliphatic carbocycles. The van der Waals surface area contributed by atoms with Crippen LogP contribution in [0.4, 0.5) is 0 Å². The minimum atomic E-state index is -0.751. The molecule has 3 heterocycles. The molecule has 2 aliphatic heterocycles. The number of carbonyl (C=O) groups excluding carboxylic acids is 2. The largest absolute Gasteiger partial charge is 0.469 e. The zero-order valence-electron chi connectivity index (χ0n) is 16.2. The van der Waals surface area contributed by atoms with Gasteiger partial charge in [-0.05, 0) is 51.2 Å². The van der Waals surface area contributed by atoms with Gasteiger partial charge in [-0.25, -0.2) is 4.79 Å².